The maximum Gasteiger partial charge on any atom is 0.260 e. The number of nitrogens with one attached hydrogen (secondary N) is 1. The summed E-state index contributed by atoms with van der Waals surface area (Å²) >= 11 is 7.61. The van der Waals surface area contributed by atoms with E-state index in [-0.39, 0.29) is 16.4 Å². The molecule has 0 saturated carbocycles. The molecule has 126 valence electrons. The molecule has 3 nitrogen and oxygen atoms in total. The van der Waals surface area contributed by atoms with Gasteiger partial charge in [0, 0.05) is 10.4 Å². The third-order valence-corrected chi connectivity index (χ3v) is 5.38. The Kier molecular flexibility index (Phi) is 4.30. The van der Waals surface area contributed by atoms with Crippen molar-refractivity contribution in [3.63, 3.8) is 0 Å². The number of thiophene rings is 1. The summed E-state index contributed by atoms with van der Waals surface area (Å²) in [6.45, 7) is 10.4. The molecular formula is C19H21ClN2OS. The molecule has 0 fully saturated rings. The zero-order valence-corrected chi connectivity index (χ0v) is 16.1. The summed E-state index contributed by atoms with van der Waals surface area (Å²) in [4.78, 5) is 21.8. The van der Waals surface area contributed by atoms with E-state index in [1.165, 1.54) is 16.9 Å². The van der Waals surface area contributed by atoms with Gasteiger partial charge in [-0.25, -0.2) is 4.98 Å². The normalized spacial score (nSPS) is 13.4. The number of aromatic nitrogens is 2. The molecule has 0 saturated heterocycles. The fraction of sp³-hybridized carbons (Fsp3) is 0.368. The van der Waals surface area contributed by atoms with Gasteiger partial charge in [0.2, 0.25) is 0 Å². The molecule has 0 spiro atoms. The van der Waals surface area contributed by atoms with Crippen molar-refractivity contribution in [1.29, 1.82) is 0 Å². The molecule has 0 aliphatic heterocycles. The Morgan fingerprint density at radius 3 is 2.38 bits per heavy atom. The lowest BCUT2D eigenvalue weighted by Crippen LogP contribution is -2.12. The molecule has 24 heavy (non-hydrogen) atoms. The van der Waals surface area contributed by atoms with Crippen molar-refractivity contribution in [2.45, 2.75) is 45.4 Å². The summed E-state index contributed by atoms with van der Waals surface area (Å²) in [7, 11) is 0. The second-order valence-electron chi connectivity index (χ2n) is 7.11. The molecule has 1 aromatic carbocycles. The van der Waals surface area contributed by atoms with Crippen LogP contribution in [0.5, 0.6) is 0 Å². The van der Waals surface area contributed by atoms with Gasteiger partial charge in [-0.2, -0.15) is 0 Å². The summed E-state index contributed by atoms with van der Waals surface area (Å²) in [5, 5.41) is 0.334. The topological polar surface area (TPSA) is 45.8 Å². The fourth-order valence-corrected chi connectivity index (χ4v) is 3.96. The van der Waals surface area contributed by atoms with Crippen LogP contribution in [-0.2, 0) is 5.41 Å². The van der Waals surface area contributed by atoms with Gasteiger partial charge >= 0.3 is 0 Å². The van der Waals surface area contributed by atoms with E-state index in [1.807, 2.05) is 6.92 Å². The number of hydrogen-bond donors (Lipinski definition) is 1. The van der Waals surface area contributed by atoms with E-state index in [0.29, 0.717) is 11.2 Å². The largest absolute Gasteiger partial charge is 0.309 e. The zero-order chi connectivity index (χ0) is 17.6. The Bertz CT molecular complexity index is 946. The highest BCUT2D eigenvalue weighted by molar-refractivity contribution is 7.19. The van der Waals surface area contributed by atoms with E-state index < -0.39 is 0 Å². The first-order chi connectivity index (χ1) is 11.2. The van der Waals surface area contributed by atoms with Crippen molar-refractivity contribution in [3.8, 4) is 11.1 Å². The van der Waals surface area contributed by atoms with E-state index >= 15 is 0 Å². The van der Waals surface area contributed by atoms with Crippen molar-refractivity contribution in [1.82, 2.24) is 9.97 Å². The SMILES string of the molecule is Cc1sc2nc(C(C)Cl)[nH]c(=O)c2c1-c1ccc(C(C)(C)C)cc1. The van der Waals surface area contributed by atoms with Crippen molar-refractivity contribution < 1.29 is 0 Å². The van der Waals surface area contributed by atoms with Crippen LogP contribution < -0.4 is 5.56 Å². The highest BCUT2D eigenvalue weighted by atomic mass is 35.5. The fourth-order valence-electron chi connectivity index (χ4n) is 2.81. The molecular weight excluding hydrogens is 340 g/mol. The summed E-state index contributed by atoms with van der Waals surface area (Å²) in [6, 6.07) is 8.45. The van der Waals surface area contributed by atoms with Crippen LogP contribution in [0.2, 0.25) is 0 Å². The highest BCUT2D eigenvalue weighted by Gasteiger charge is 2.19. The van der Waals surface area contributed by atoms with E-state index in [0.717, 1.165) is 20.8 Å². The van der Waals surface area contributed by atoms with Crippen molar-refractivity contribution >= 4 is 33.2 Å². The number of fused-ring (bicyclic) bond motifs is 1. The minimum atomic E-state index is -0.320. The van der Waals surface area contributed by atoms with Crippen LogP contribution in [0.25, 0.3) is 21.3 Å². The van der Waals surface area contributed by atoms with Crippen molar-refractivity contribution in [2.75, 3.05) is 0 Å². The molecule has 1 unspecified atom stereocenters. The number of aryl methyl sites for hydroxylation is 1. The van der Waals surface area contributed by atoms with E-state index in [1.54, 1.807) is 6.92 Å². The zero-order valence-electron chi connectivity index (χ0n) is 14.5. The highest BCUT2D eigenvalue weighted by Crippen LogP contribution is 2.36. The minimum Gasteiger partial charge on any atom is -0.309 e. The van der Waals surface area contributed by atoms with Crippen LogP contribution in [0.4, 0.5) is 0 Å². The van der Waals surface area contributed by atoms with Crippen molar-refractivity contribution in [3.05, 3.63) is 50.9 Å². The average molecular weight is 361 g/mol. The van der Waals surface area contributed by atoms with Gasteiger partial charge in [-0.1, -0.05) is 45.0 Å². The molecule has 0 bridgehead atoms. The van der Waals surface area contributed by atoms with Gasteiger partial charge in [0.05, 0.1) is 10.8 Å². The summed E-state index contributed by atoms with van der Waals surface area (Å²) < 4.78 is 0. The number of aromatic amines is 1. The van der Waals surface area contributed by atoms with Crippen LogP contribution in [0.15, 0.2) is 29.1 Å². The maximum atomic E-state index is 12.6. The van der Waals surface area contributed by atoms with Gasteiger partial charge in [0.1, 0.15) is 10.7 Å². The minimum absolute atomic E-state index is 0.106. The number of rotatable bonds is 2. The second kappa shape index (κ2) is 6.01. The molecule has 5 heteroatoms. The van der Waals surface area contributed by atoms with Crippen LogP contribution in [0, 0.1) is 6.92 Å². The van der Waals surface area contributed by atoms with Crippen LogP contribution in [0.3, 0.4) is 0 Å². The van der Waals surface area contributed by atoms with Crippen molar-refractivity contribution in [2.24, 2.45) is 0 Å². The molecule has 0 aliphatic rings. The monoisotopic (exact) mass is 360 g/mol. The van der Waals surface area contributed by atoms with Gasteiger partial charge < -0.3 is 4.98 Å². The summed E-state index contributed by atoms with van der Waals surface area (Å²) in [5.74, 6) is 0.519. The van der Waals surface area contributed by atoms with Gasteiger partial charge in [0.15, 0.2) is 0 Å². The Labute approximate surface area is 150 Å². The first-order valence-corrected chi connectivity index (χ1v) is 9.22. The van der Waals surface area contributed by atoms with Gasteiger partial charge in [0.25, 0.3) is 5.56 Å². The van der Waals surface area contributed by atoms with E-state index in [2.05, 4.69) is 55.0 Å². The van der Waals surface area contributed by atoms with Gasteiger partial charge in [-0.05, 0) is 30.4 Å². The first-order valence-electron chi connectivity index (χ1n) is 7.97. The molecule has 0 amide bonds. The Balaban J connectivity index is 2.20. The predicted molar refractivity (Wildman–Crippen MR) is 103 cm³/mol. The predicted octanol–water partition coefficient (Wildman–Crippen LogP) is 5.56. The smallest absolute Gasteiger partial charge is 0.260 e. The molecule has 1 atom stereocenters. The number of halogens is 1. The van der Waals surface area contributed by atoms with Gasteiger partial charge in [-0.15, -0.1) is 22.9 Å². The van der Waals surface area contributed by atoms with Crippen LogP contribution in [0.1, 0.15) is 49.3 Å². The third-order valence-electron chi connectivity index (χ3n) is 4.17. The molecule has 1 N–H and O–H groups in total. The standard InChI is InChI=1S/C19H21ClN2OS/c1-10(20)16-21-17(23)15-14(11(2)24-18(15)22-16)12-6-8-13(9-7-12)19(3,4)5/h6-10H,1-5H3,(H,21,22,23). The van der Waals surface area contributed by atoms with Crippen LogP contribution >= 0.6 is 22.9 Å². The lowest BCUT2D eigenvalue weighted by atomic mass is 9.86. The third kappa shape index (κ3) is 3.01. The lowest BCUT2D eigenvalue weighted by molar-refractivity contribution is 0.590. The molecule has 0 aliphatic carbocycles. The Morgan fingerprint density at radius 1 is 1.21 bits per heavy atom. The number of H-pyrrole nitrogens is 1. The maximum absolute atomic E-state index is 12.6. The quantitative estimate of drug-likeness (QED) is 0.608. The molecule has 3 rings (SSSR count). The number of hydrogen-bond acceptors (Lipinski definition) is 3. The Hall–Kier alpha value is -1.65. The number of nitrogens with zero attached hydrogens (tertiary/aromatic N) is 1. The Morgan fingerprint density at radius 2 is 1.83 bits per heavy atom. The number of alkyl halides is 1. The second-order valence-corrected chi connectivity index (χ2v) is 8.97. The summed E-state index contributed by atoms with van der Waals surface area (Å²) in [6.07, 6.45) is 0. The molecule has 0 radical (unpaired) electrons. The van der Waals surface area contributed by atoms with E-state index in [4.69, 9.17) is 11.6 Å². The molecule has 3 aromatic rings. The summed E-state index contributed by atoms with van der Waals surface area (Å²) in [5.41, 5.74) is 3.27. The average Bonchev–Trinajstić information content (AvgIpc) is 2.83. The van der Waals surface area contributed by atoms with Gasteiger partial charge in [-0.3, -0.25) is 4.79 Å². The lowest BCUT2D eigenvalue weighted by Gasteiger charge is -2.19. The molecule has 2 aromatic heterocycles. The first kappa shape index (κ1) is 17.2. The van der Waals surface area contributed by atoms with E-state index in [9.17, 15) is 4.79 Å². The number of benzene rings is 1. The molecule has 2 heterocycles. The van der Waals surface area contributed by atoms with Crippen LogP contribution in [-0.4, -0.2) is 9.97 Å².